The summed E-state index contributed by atoms with van der Waals surface area (Å²) in [4.78, 5) is 17.2. The monoisotopic (exact) mass is 391 g/mol. The molecule has 0 aliphatic heterocycles. The molecule has 2 aromatic rings. The second kappa shape index (κ2) is 6.44. The molecule has 0 spiro atoms. The van der Waals surface area contributed by atoms with Crippen molar-refractivity contribution >= 4 is 42.6 Å². The molecular formula is C18H21N3O3S2. The number of carbonyl (C=O) groups is 1. The van der Waals surface area contributed by atoms with E-state index in [1.807, 2.05) is 0 Å². The summed E-state index contributed by atoms with van der Waals surface area (Å²) in [7, 11) is -3.55. The van der Waals surface area contributed by atoms with Gasteiger partial charge in [-0.15, -0.1) is 0 Å². The van der Waals surface area contributed by atoms with Crippen molar-refractivity contribution in [3.05, 3.63) is 30.4 Å². The van der Waals surface area contributed by atoms with Crippen molar-refractivity contribution in [3.63, 3.8) is 0 Å². The molecule has 3 atom stereocenters. The third-order valence-corrected chi connectivity index (χ3v) is 7.50. The molecule has 26 heavy (non-hydrogen) atoms. The summed E-state index contributed by atoms with van der Waals surface area (Å²) < 4.78 is 27.9. The van der Waals surface area contributed by atoms with Crippen molar-refractivity contribution in [1.82, 2.24) is 9.71 Å². The van der Waals surface area contributed by atoms with Crippen LogP contribution in [0.3, 0.4) is 0 Å². The van der Waals surface area contributed by atoms with Gasteiger partial charge in [0.05, 0.1) is 15.1 Å². The van der Waals surface area contributed by atoms with E-state index in [1.54, 1.807) is 32.0 Å². The average Bonchev–Trinajstić information content (AvgIpc) is 3.27. The number of nitrogens with one attached hydrogen (secondary N) is 2. The number of allylic oxidation sites excluding steroid dienone is 2. The summed E-state index contributed by atoms with van der Waals surface area (Å²) in [5, 5.41) is 3.43. The highest BCUT2D eigenvalue weighted by atomic mass is 32.2. The molecule has 6 nitrogen and oxygen atoms in total. The normalized spacial score (nSPS) is 24.7. The van der Waals surface area contributed by atoms with Crippen molar-refractivity contribution in [2.75, 3.05) is 5.32 Å². The number of rotatable bonds is 5. The van der Waals surface area contributed by atoms with Gasteiger partial charge >= 0.3 is 0 Å². The highest BCUT2D eigenvalue weighted by Gasteiger charge is 2.39. The van der Waals surface area contributed by atoms with Crippen molar-refractivity contribution in [1.29, 1.82) is 0 Å². The number of hydrogen-bond donors (Lipinski definition) is 2. The molecule has 1 fully saturated rings. The molecule has 0 unspecified atom stereocenters. The van der Waals surface area contributed by atoms with E-state index in [1.165, 1.54) is 11.3 Å². The van der Waals surface area contributed by atoms with E-state index in [0.717, 1.165) is 17.5 Å². The van der Waals surface area contributed by atoms with Crippen molar-refractivity contribution < 1.29 is 13.2 Å². The first kappa shape index (κ1) is 17.6. The first-order valence-electron chi connectivity index (χ1n) is 8.74. The Morgan fingerprint density at radius 1 is 1.27 bits per heavy atom. The minimum atomic E-state index is -3.55. The highest BCUT2D eigenvalue weighted by molar-refractivity contribution is 7.89. The molecule has 1 heterocycles. The number of hydrogen-bond acceptors (Lipinski definition) is 5. The fraction of sp³-hybridized carbons (Fsp3) is 0.444. The van der Waals surface area contributed by atoms with Crippen LogP contribution in [-0.4, -0.2) is 25.4 Å². The number of amides is 1. The smallest absolute Gasteiger partial charge is 0.240 e. The molecule has 1 saturated carbocycles. The second-order valence-electron chi connectivity index (χ2n) is 7.30. The molecule has 1 amide bonds. The lowest BCUT2D eigenvalue weighted by Crippen LogP contribution is -2.30. The lowest BCUT2D eigenvalue weighted by Gasteiger charge is -2.16. The minimum Gasteiger partial charge on any atom is -0.302 e. The predicted molar refractivity (Wildman–Crippen MR) is 103 cm³/mol. The quantitative estimate of drug-likeness (QED) is 0.767. The molecule has 8 heteroatoms. The van der Waals surface area contributed by atoms with Gasteiger partial charge in [0.15, 0.2) is 5.13 Å². The van der Waals surface area contributed by atoms with E-state index in [2.05, 4.69) is 27.2 Å². The summed E-state index contributed by atoms with van der Waals surface area (Å²) in [6.07, 6.45) is 6.33. The number of carbonyl (C=O) groups excluding carboxylic acids is 1. The first-order chi connectivity index (χ1) is 12.3. The fourth-order valence-electron chi connectivity index (χ4n) is 3.78. The standard InChI is InChI=1S/C18H21N3O3S2/c1-10(2)21-26(23,24)13-5-6-15-16(9-13)25-18(19-15)20-17(22)14-8-11-3-4-12(14)7-11/h3-6,9-12,14,21H,7-8H2,1-2H3,(H,19,20,22)/t11-,12-,14+/m1/s1. The van der Waals surface area contributed by atoms with Crippen molar-refractivity contribution in [2.45, 2.75) is 37.6 Å². The third-order valence-electron chi connectivity index (χ3n) is 4.91. The summed E-state index contributed by atoms with van der Waals surface area (Å²) in [6.45, 7) is 3.56. The molecule has 2 bridgehead atoms. The van der Waals surface area contributed by atoms with Gasteiger partial charge in [-0.05, 0) is 56.7 Å². The third kappa shape index (κ3) is 3.28. The number of fused-ring (bicyclic) bond motifs is 3. The van der Waals surface area contributed by atoms with Crippen molar-refractivity contribution in [2.24, 2.45) is 17.8 Å². The molecule has 0 radical (unpaired) electrons. The SMILES string of the molecule is CC(C)NS(=O)(=O)c1ccc2nc(NC(=O)[C@H]3C[C@@H]4C=C[C@@H]3C4)sc2c1. The molecule has 1 aromatic carbocycles. The van der Waals surface area contributed by atoms with Crippen LogP contribution < -0.4 is 10.0 Å². The second-order valence-corrected chi connectivity index (χ2v) is 10.0. The molecule has 2 N–H and O–H groups in total. The maximum atomic E-state index is 12.5. The zero-order valence-electron chi connectivity index (χ0n) is 14.6. The summed E-state index contributed by atoms with van der Waals surface area (Å²) in [6, 6.07) is 4.64. The van der Waals surface area contributed by atoms with E-state index in [-0.39, 0.29) is 22.8 Å². The largest absolute Gasteiger partial charge is 0.302 e. The van der Waals surface area contributed by atoms with Gasteiger partial charge < -0.3 is 5.32 Å². The maximum Gasteiger partial charge on any atom is 0.240 e. The summed E-state index contributed by atoms with van der Waals surface area (Å²) in [5.41, 5.74) is 0.682. The zero-order valence-corrected chi connectivity index (χ0v) is 16.2. The maximum absolute atomic E-state index is 12.5. The van der Waals surface area contributed by atoms with E-state index < -0.39 is 10.0 Å². The van der Waals surface area contributed by atoms with Crippen LogP contribution in [0.15, 0.2) is 35.2 Å². The van der Waals surface area contributed by atoms with Gasteiger partial charge in [-0.25, -0.2) is 18.1 Å². The molecule has 4 rings (SSSR count). The van der Waals surface area contributed by atoms with Gasteiger partial charge in [-0.1, -0.05) is 23.5 Å². The Labute approximate surface area is 156 Å². The number of sulfonamides is 1. The molecule has 2 aliphatic carbocycles. The molecule has 0 saturated heterocycles. The Balaban J connectivity index is 1.54. The topological polar surface area (TPSA) is 88.2 Å². The van der Waals surface area contributed by atoms with Crippen LogP contribution in [0.5, 0.6) is 0 Å². The van der Waals surface area contributed by atoms with Gasteiger partial charge in [-0.3, -0.25) is 4.79 Å². The minimum absolute atomic E-state index is 0.00947. The lowest BCUT2D eigenvalue weighted by molar-refractivity contribution is -0.120. The van der Waals surface area contributed by atoms with Gasteiger partial charge in [0.25, 0.3) is 0 Å². The summed E-state index contributed by atoms with van der Waals surface area (Å²) >= 11 is 1.30. The predicted octanol–water partition coefficient (Wildman–Crippen LogP) is 3.13. The van der Waals surface area contributed by atoms with Crippen LogP contribution in [0.4, 0.5) is 5.13 Å². The van der Waals surface area contributed by atoms with Gasteiger partial charge in [0, 0.05) is 12.0 Å². The van der Waals surface area contributed by atoms with Crippen LogP contribution in [0.2, 0.25) is 0 Å². The van der Waals surface area contributed by atoms with E-state index in [0.29, 0.717) is 22.5 Å². The van der Waals surface area contributed by atoms with Crippen LogP contribution in [0.1, 0.15) is 26.7 Å². The van der Waals surface area contributed by atoms with E-state index >= 15 is 0 Å². The summed E-state index contributed by atoms with van der Waals surface area (Å²) in [5.74, 6) is 0.902. The lowest BCUT2D eigenvalue weighted by atomic mass is 9.93. The molecule has 138 valence electrons. The van der Waals surface area contributed by atoms with Gasteiger partial charge in [0.1, 0.15) is 0 Å². The van der Waals surface area contributed by atoms with Gasteiger partial charge in [-0.2, -0.15) is 0 Å². The first-order valence-corrected chi connectivity index (χ1v) is 11.0. The fourth-order valence-corrected chi connectivity index (χ4v) is 6.04. The average molecular weight is 392 g/mol. The Morgan fingerprint density at radius 3 is 2.73 bits per heavy atom. The Kier molecular flexibility index (Phi) is 4.37. The van der Waals surface area contributed by atoms with Crippen LogP contribution in [0.25, 0.3) is 10.2 Å². The Morgan fingerprint density at radius 2 is 2.08 bits per heavy atom. The van der Waals surface area contributed by atoms with Crippen molar-refractivity contribution in [3.8, 4) is 0 Å². The molecule has 2 aliphatic rings. The van der Waals surface area contributed by atoms with E-state index in [4.69, 9.17) is 0 Å². The van der Waals surface area contributed by atoms with E-state index in [9.17, 15) is 13.2 Å². The highest BCUT2D eigenvalue weighted by Crippen LogP contribution is 2.44. The molecule has 1 aromatic heterocycles. The number of nitrogens with zero attached hydrogens (tertiary/aromatic N) is 1. The molecular weight excluding hydrogens is 370 g/mol. The van der Waals surface area contributed by atoms with Crippen LogP contribution in [0, 0.1) is 17.8 Å². The van der Waals surface area contributed by atoms with Gasteiger partial charge in [0.2, 0.25) is 15.9 Å². The number of aromatic nitrogens is 1. The number of thiazole rings is 1. The Bertz CT molecular complexity index is 994. The Hall–Kier alpha value is -1.77. The van der Waals surface area contributed by atoms with Crippen LogP contribution in [-0.2, 0) is 14.8 Å². The van der Waals surface area contributed by atoms with Crippen LogP contribution >= 0.6 is 11.3 Å². The number of anilines is 1. The number of benzene rings is 1. The zero-order chi connectivity index (χ0) is 18.5.